The van der Waals surface area contributed by atoms with Crippen LogP contribution in [0.15, 0.2) is 16.7 Å². The van der Waals surface area contributed by atoms with Gasteiger partial charge in [0.1, 0.15) is 11.3 Å². The molecule has 106 valence electrons. The van der Waals surface area contributed by atoms with Crippen molar-refractivity contribution >= 4 is 23.6 Å². The zero-order chi connectivity index (χ0) is 14.5. The molecule has 1 amide bonds. The molecule has 7 heteroatoms. The van der Waals surface area contributed by atoms with E-state index < -0.39 is 11.6 Å². The first kappa shape index (κ1) is 15.6. The van der Waals surface area contributed by atoms with E-state index in [9.17, 15) is 14.7 Å². The number of nitrogens with one attached hydrogen (secondary N) is 1. The number of carboxylic acid groups (broad SMARTS) is 1. The van der Waals surface area contributed by atoms with Crippen LogP contribution in [0.1, 0.15) is 23.0 Å². The van der Waals surface area contributed by atoms with E-state index in [0.29, 0.717) is 5.75 Å². The van der Waals surface area contributed by atoms with Crippen molar-refractivity contribution in [3.63, 3.8) is 0 Å². The largest absolute Gasteiger partial charge is 0.478 e. The highest BCUT2D eigenvalue weighted by Gasteiger charge is 2.22. The van der Waals surface area contributed by atoms with Crippen molar-refractivity contribution in [3.05, 3.63) is 23.7 Å². The van der Waals surface area contributed by atoms with Gasteiger partial charge in [-0.15, -0.1) is 0 Å². The maximum Gasteiger partial charge on any atom is 0.339 e. The summed E-state index contributed by atoms with van der Waals surface area (Å²) in [5, 5.41) is 21.3. The summed E-state index contributed by atoms with van der Waals surface area (Å²) in [5.74, 6) is -0.923. The first-order valence-electron chi connectivity index (χ1n) is 5.63. The summed E-state index contributed by atoms with van der Waals surface area (Å²) in [6.07, 6.45) is 2.93. The Bertz CT molecular complexity index is 455. The Morgan fingerprint density at radius 2 is 2.21 bits per heavy atom. The van der Waals surface area contributed by atoms with Crippen molar-refractivity contribution in [3.8, 4) is 0 Å². The topological polar surface area (TPSA) is 99.8 Å². The van der Waals surface area contributed by atoms with Crippen molar-refractivity contribution < 1.29 is 24.2 Å². The van der Waals surface area contributed by atoms with Crippen molar-refractivity contribution in [2.75, 3.05) is 18.6 Å². The van der Waals surface area contributed by atoms with Gasteiger partial charge in [-0.25, -0.2) is 4.79 Å². The summed E-state index contributed by atoms with van der Waals surface area (Å²) in [5.41, 5.74) is -1.01. The van der Waals surface area contributed by atoms with E-state index in [1.165, 1.54) is 24.1 Å². The number of aromatic carboxylic acids is 1. The molecule has 0 spiro atoms. The number of carbonyl (C=O) groups is 2. The molecule has 1 atom stereocenters. The minimum Gasteiger partial charge on any atom is -0.478 e. The second-order valence-electron chi connectivity index (χ2n) is 4.45. The van der Waals surface area contributed by atoms with Crippen LogP contribution < -0.4 is 5.32 Å². The van der Waals surface area contributed by atoms with Crippen LogP contribution in [-0.2, 0) is 11.2 Å². The SMILES string of the molecule is CSCC(C)(O)CNC(=O)Cc1occc1C(=O)O. The van der Waals surface area contributed by atoms with E-state index >= 15 is 0 Å². The number of carboxylic acids is 1. The number of thioether (sulfide) groups is 1. The van der Waals surface area contributed by atoms with Crippen LogP contribution in [0.3, 0.4) is 0 Å². The summed E-state index contributed by atoms with van der Waals surface area (Å²) in [6, 6.07) is 1.30. The highest BCUT2D eigenvalue weighted by molar-refractivity contribution is 7.98. The lowest BCUT2D eigenvalue weighted by Crippen LogP contribution is -2.43. The van der Waals surface area contributed by atoms with Crippen LogP contribution in [0.4, 0.5) is 0 Å². The summed E-state index contributed by atoms with van der Waals surface area (Å²) in [7, 11) is 0. The van der Waals surface area contributed by atoms with Crippen LogP contribution >= 0.6 is 11.8 Å². The lowest BCUT2D eigenvalue weighted by atomic mass is 10.1. The molecule has 0 aliphatic rings. The fourth-order valence-electron chi connectivity index (χ4n) is 1.53. The summed E-state index contributed by atoms with van der Waals surface area (Å²) >= 11 is 1.47. The monoisotopic (exact) mass is 287 g/mol. The second kappa shape index (κ2) is 6.63. The van der Waals surface area contributed by atoms with Crippen molar-refractivity contribution in [1.29, 1.82) is 0 Å². The molecule has 0 saturated carbocycles. The zero-order valence-electron chi connectivity index (χ0n) is 10.8. The average Bonchev–Trinajstić information content (AvgIpc) is 2.75. The number of amides is 1. The summed E-state index contributed by atoms with van der Waals surface area (Å²) in [4.78, 5) is 22.5. The van der Waals surface area contributed by atoms with Crippen LogP contribution in [-0.4, -0.2) is 46.2 Å². The van der Waals surface area contributed by atoms with Gasteiger partial charge in [0.2, 0.25) is 5.91 Å². The van der Waals surface area contributed by atoms with Crippen LogP contribution in [0.5, 0.6) is 0 Å². The molecule has 1 aromatic rings. The number of hydrogen-bond donors (Lipinski definition) is 3. The molecule has 19 heavy (non-hydrogen) atoms. The van der Waals surface area contributed by atoms with Gasteiger partial charge in [0.15, 0.2) is 0 Å². The van der Waals surface area contributed by atoms with Gasteiger partial charge >= 0.3 is 5.97 Å². The van der Waals surface area contributed by atoms with Gasteiger partial charge in [0.25, 0.3) is 0 Å². The van der Waals surface area contributed by atoms with E-state index in [0.717, 1.165) is 0 Å². The lowest BCUT2D eigenvalue weighted by molar-refractivity contribution is -0.121. The van der Waals surface area contributed by atoms with Crippen LogP contribution in [0.2, 0.25) is 0 Å². The standard InChI is InChI=1S/C12H17NO5S/c1-12(17,7-19-2)6-13-10(14)5-9-8(11(15)16)3-4-18-9/h3-4,17H,5-7H2,1-2H3,(H,13,14)(H,15,16). The first-order chi connectivity index (χ1) is 8.85. The van der Waals surface area contributed by atoms with E-state index in [-0.39, 0.29) is 30.2 Å². The lowest BCUT2D eigenvalue weighted by Gasteiger charge is -2.22. The Kier molecular flexibility index (Phi) is 5.44. The molecular formula is C12H17NO5S. The summed E-state index contributed by atoms with van der Waals surface area (Å²) < 4.78 is 4.97. The molecule has 0 aromatic carbocycles. The molecule has 0 fully saturated rings. The normalized spacial score (nSPS) is 13.8. The Labute approximate surface area is 115 Å². The third-order valence-corrected chi connectivity index (χ3v) is 3.33. The smallest absolute Gasteiger partial charge is 0.339 e. The fraction of sp³-hybridized carbons (Fsp3) is 0.500. The third-order valence-electron chi connectivity index (χ3n) is 2.42. The van der Waals surface area contributed by atoms with E-state index in [2.05, 4.69) is 5.32 Å². The number of carbonyl (C=O) groups excluding carboxylic acids is 1. The van der Waals surface area contributed by atoms with Crippen molar-refractivity contribution in [1.82, 2.24) is 5.32 Å². The van der Waals surface area contributed by atoms with Gasteiger partial charge in [-0.05, 0) is 19.2 Å². The van der Waals surface area contributed by atoms with Gasteiger partial charge in [-0.3, -0.25) is 4.79 Å². The summed E-state index contributed by atoms with van der Waals surface area (Å²) in [6.45, 7) is 1.73. The fourth-order valence-corrected chi connectivity index (χ4v) is 2.25. The van der Waals surface area contributed by atoms with Crippen molar-refractivity contribution in [2.24, 2.45) is 0 Å². The number of rotatable bonds is 7. The molecule has 1 heterocycles. The minimum absolute atomic E-state index is 0.0222. The molecule has 1 unspecified atom stereocenters. The van der Waals surface area contributed by atoms with Gasteiger partial charge in [-0.2, -0.15) is 11.8 Å². The molecule has 6 nitrogen and oxygen atoms in total. The van der Waals surface area contributed by atoms with E-state index in [1.807, 2.05) is 6.26 Å². The maximum atomic E-state index is 11.7. The van der Waals surface area contributed by atoms with Crippen molar-refractivity contribution in [2.45, 2.75) is 18.9 Å². The number of hydrogen-bond acceptors (Lipinski definition) is 5. The first-order valence-corrected chi connectivity index (χ1v) is 7.03. The van der Waals surface area contributed by atoms with Gasteiger partial charge < -0.3 is 19.9 Å². The second-order valence-corrected chi connectivity index (χ2v) is 5.31. The maximum absolute atomic E-state index is 11.7. The van der Waals surface area contributed by atoms with E-state index in [4.69, 9.17) is 9.52 Å². The quantitative estimate of drug-likeness (QED) is 0.684. The van der Waals surface area contributed by atoms with Crippen LogP contribution in [0.25, 0.3) is 0 Å². The predicted octanol–water partition coefficient (Wildman–Crippen LogP) is 0.750. The third kappa shape index (κ3) is 4.96. The average molecular weight is 287 g/mol. The molecular weight excluding hydrogens is 270 g/mol. The van der Waals surface area contributed by atoms with Gasteiger partial charge in [-0.1, -0.05) is 0 Å². The molecule has 0 saturated heterocycles. The molecule has 0 aliphatic carbocycles. The number of furan rings is 1. The van der Waals surface area contributed by atoms with E-state index in [1.54, 1.807) is 6.92 Å². The Balaban J connectivity index is 2.52. The molecule has 0 bridgehead atoms. The number of aliphatic hydroxyl groups is 1. The zero-order valence-corrected chi connectivity index (χ0v) is 11.6. The van der Waals surface area contributed by atoms with Gasteiger partial charge in [0.05, 0.1) is 18.3 Å². The molecule has 1 rings (SSSR count). The van der Waals surface area contributed by atoms with Crippen LogP contribution in [0, 0.1) is 0 Å². The minimum atomic E-state index is -1.13. The molecule has 0 aliphatic heterocycles. The Morgan fingerprint density at radius 3 is 2.79 bits per heavy atom. The van der Waals surface area contributed by atoms with Gasteiger partial charge in [0, 0.05) is 12.3 Å². The Hall–Kier alpha value is -1.47. The highest BCUT2D eigenvalue weighted by atomic mass is 32.2. The molecule has 1 aromatic heterocycles. The Morgan fingerprint density at radius 1 is 1.53 bits per heavy atom. The molecule has 3 N–H and O–H groups in total. The highest BCUT2D eigenvalue weighted by Crippen LogP contribution is 2.12. The molecule has 0 radical (unpaired) electrons. The predicted molar refractivity (Wildman–Crippen MR) is 71.4 cm³/mol.